The lowest BCUT2D eigenvalue weighted by Crippen LogP contribution is -2.36. The summed E-state index contributed by atoms with van der Waals surface area (Å²) in [4.78, 5) is 18.6. The molecule has 1 fully saturated rings. The first-order valence-corrected chi connectivity index (χ1v) is 13.2. The number of alkyl halides is 3. The Kier molecular flexibility index (Phi) is 9.99. The van der Waals surface area contributed by atoms with Gasteiger partial charge in [-0.15, -0.1) is 11.8 Å². The molecule has 37 heavy (non-hydrogen) atoms. The van der Waals surface area contributed by atoms with E-state index in [1.165, 1.54) is 5.56 Å². The molecule has 0 spiro atoms. The summed E-state index contributed by atoms with van der Waals surface area (Å²) in [6.45, 7) is 8.84. The van der Waals surface area contributed by atoms with Crippen molar-refractivity contribution in [3.05, 3.63) is 52.6 Å². The number of anilines is 1. The van der Waals surface area contributed by atoms with Gasteiger partial charge in [-0.2, -0.15) is 18.4 Å². The number of fused-ring (bicyclic) bond motifs is 1. The summed E-state index contributed by atoms with van der Waals surface area (Å²) < 4.78 is 37.4. The molecule has 4 rings (SSSR count). The van der Waals surface area contributed by atoms with E-state index >= 15 is 0 Å². The van der Waals surface area contributed by atoms with Crippen LogP contribution in [0.1, 0.15) is 42.5 Å². The minimum absolute atomic E-state index is 0.262. The minimum Gasteiger partial charge on any atom is -0.370 e. The molecule has 200 valence electrons. The Bertz CT molecular complexity index is 1100. The largest absolute Gasteiger partial charge is 0.446 e. The Labute approximate surface area is 220 Å². The number of carbonyl (C=O) groups is 1. The molecule has 0 aliphatic carbocycles. The molecule has 2 aromatic rings. The van der Waals surface area contributed by atoms with Crippen molar-refractivity contribution in [3.8, 4) is 6.07 Å². The van der Waals surface area contributed by atoms with Gasteiger partial charge in [0, 0.05) is 37.4 Å². The molecule has 6 nitrogen and oxygen atoms in total. The number of benzene rings is 1. The highest BCUT2D eigenvalue weighted by Gasteiger charge is 2.33. The summed E-state index contributed by atoms with van der Waals surface area (Å²) >= 11 is 1.71. The van der Waals surface area contributed by atoms with E-state index < -0.39 is 12.5 Å². The number of hydrogen-bond acceptors (Lipinski definition) is 7. The third-order valence-corrected chi connectivity index (χ3v) is 7.28. The average molecular weight is 535 g/mol. The lowest BCUT2D eigenvalue weighted by atomic mass is 9.89. The van der Waals surface area contributed by atoms with Gasteiger partial charge >= 0.3 is 6.18 Å². The van der Waals surface area contributed by atoms with E-state index in [0.29, 0.717) is 6.61 Å². The number of thioether (sulfide) groups is 1. The van der Waals surface area contributed by atoms with E-state index in [1.807, 2.05) is 6.07 Å². The van der Waals surface area contributed by atoms with Crippen LogP contribution in [0.15, 0.2) is 35.4 Å². The number of aromatic nitrogens is 1. The Morgan fingerprint density at radius 2 is 1.86 bits per heavy atom. The monoisotopic (exact) mass is 534 g/mol. The van der Waals surface area contributed by atoms with E-state index in [2.05, 4.69) is 61.0 Å². The maximum Gasteiger partial charge on any atom is 0.446 e. The van der Waals surface area contributed by atoms with E-state index in [1.54, 1.807) is 11.8 Å². The van der Waals surface area contributed by atoms with Crippen molar-refractivity contribution in [1.82, 2.24) is 9.88 Å². The van der Waals surface area contributed by atoms with Gasteiger partial charge in [0.25, 0.3) is 0 Å². The SMILES string of the molecule is CN1CCCN(c2nc(SCCc3ccccc3)c(C#N)c3c2COC(C)(C)C3)CC1.O=CC(F)(F)F. The van der Waals surface area contributed by atoms with E-state index in [0.717, 1.165) is 78.7 Å². The number of aldehydes is 1. The fourth-order valence-corrected chi connectivity index (χ4v) is 5.37. The first-order valence-electron chi connectivity index (χ1n) is 12.3. The van der Waals surface area contributed by atoms with Crippen LogP contribution in [0.2, 0.25) is 0 Å². The van der Waals surface area contributed by atoms with Crippen molar-refractivity contribution in [3.63, 3.8) is 0 Å². The number of aryl methyl sites for hydroxylation is 1. The molecular formula is C27H33F3N4O2S. The molecule has 2 aliphatic heterocycles. The number of halogens is 3. The molecule has 0 N–H and O–H groups in total. The van der Waals surface area contributed by atoms with Gasteiger partial charge in [0.15, 0.2) is 0 Å². The molecule has 3 heterocycles. The number of likely N-dealkylation sites (N-methyl/N-ethyl adjacent to an activating group) is 1. The zero-order valence-electron chi connectivity index (χ0n) is 21.5. The standard InChI is InChI=1S/C25H32N4OS.C2HF3O/c1-25(2)16-20-21(17-26)24(31-15-10-19-8-5-4-6-9-19)27-23(22(20)18-30-25)29-12-7-11-28(3)13-14-29;3-2(4,5)1-6/h4-6,8-9H,7,10-16,18H2,1-3H3;1H. The zero-order valence-corrected chi connectivity index (χ0v) is 22.3. The number of ether oxygens (including phenoxy) is 1. The van der Waals surface area contributed by atoms with Gasteiger partial charge in [-0.3, -0.25) is 4.79 Å². The highest BCUT2D eigenvalue weighted by Crippen LogP contribution is 2.39. The molecule has 10 heteroatoms. The predicted molar refractivity (Wildman–Crippen MR) is 139 cm³/mol. The Hall–Kier alpha value is -2.61. The Morgan fingerprint density at radius 3 is 2.51 bits per heavy atom. The maximum atomic E-state index is 10.4. The summed E-state index contributed by atoms with van der Waals surface area (Å²) in [5.41, 5.74) is 4.07. The third-order valence-electron chi connectivity index (χ3n) is 6.30. The highest BCUT2D eigenvalue weighted by molar-refractivity contribution is 7.99. The van der Waals surface area contributed by atoms with E-state index in [9.17, 15) is 18.4 Å². The van der Waals surface area contributed by atoms with Crippen molar-refractivity contribution < 1.29 is 22.7 Å². The van der Waals surface area contributed by atoms with Crippen LogP contribution in [0.5, 0.6) is 0 Å². The van der Waals surface area contributed by atoms with Gasteiger partial charge in [-0.25, -0.2) is 4.98 Å². The molecule has 0 bridgehead atoms. The van der Waals surface area contributed by atoms with Crippen LogP contribution >= 0.6 is 11.8 Å². The molecule has 0 radical (unpaired) electrons. The molecule has 2 aliphatic rings. The fraction of sp³-hybridized carbons (Fsp3) is 0.519. The second kappa shape index (κ2) is 12.8. The van der Waals surface area contributed by atoms with Crippen molar-refractivity contribution in [1.29, 1.82) is 5.26 Å². The molecule has 1 aromatic carbocycles. The second-order valence-electron chi connectivity index (χ2n) is 9.80. The maximum absolute atomic E-state index is 10.4. The number of hydrogen-bond donors (Lipinski definition) is 0. The number of nitriles is 1. The van der Waals surface area contributed by atoms with Crippen LogP contribution in [0, 0.1) is 11.3 Å². The number of rotatable bonds is 5. The molecule has 1 aromatic heterocycles. The summed E-state index contributed by atoms with van der Waals surface area (Å²) in [6.07, 6.45) is -2.86. The van der Waals surface area contributed by atoms with Crippen molar-refractivity contribution in [2.45, 2.75) is 56.5 Å². The topological polar surface area (TPSA) is 69.5 Å². The quantitative estimate of drug-likeness (QED) is 0.394. The molecule has 0 amide bonds. The van der Waals surface area contributed by atoms with Crippen LogP contribution < -0.4 is 4.90 Å². The van der Waals surface area contributed by atoms with Crippen LogP contribution in [0.25, 0.3) is 0 Å². The van der Waals surface area contributed by atoms with Crippen molar-refractivity contribution in [2.75, 3.05) is 43.9 Å². The molecular weight excluding hydrogens is 501 g/mol. The average Bonchev–Trinajstić information content (AvgIpc) is 3.07. The van der Waals surface area contributed by atoms with Gasteiger partial charge in [-0.1, -0.05) is 30.3 Å². The van der Waals surface area contributed by atoms with Gasteiger partial charge < -0.3 is 14.5 Å². The lowest BCUT2D eigenvalue weighted by molar-refractivity contribution is -0.156. The fourth-order valence-electron chi connectivity index (χ4n) is 4.38. The normalized spacial score (nSPS) is 17.6. The third kappa shape index (κ3) is 8.45. The summed E-state index contributed by atoms with van der Waals surface area (Å²) in [7, 11) is 2.18. The van der Waals surface area contributed by atoms with Crippen LogP contribution in [-0.4, -0.2) is 66.9 Å². The first kappa shape index (κ1) is 29.0. The smallest absolute Gasteiger partial charge is 0.370 e. The van der Waals surface area contributed by atoms with Gasteiger partial charge in [0.1, 0.15) is 16.9 Å². The van der Waals surface area contributed by atoms with Gasteiger partial charge in [0.05, 0.1) is 17.8 Å². The number of pyridine rings is 1. The summed E-state index contributed by atoms with van der Waals surface area (Å²) in [5, 5.41) is 11.0. The van der Waals surface area contributed by atoms with Crippen LogP contribution in [0.4, 0.5) is 19.0 Å². The highest BCUT2D eigenvalue weighted by atomic mass is 32.2. The summed E-state index contributed by atoms with van der Waals surface area (Å²) in [5.74, 6) is 1.94. The zero-order chi connectivity index (χ0) is 27.1. The van der Waals surface area contributed by atoms with Crippen molar-refractivity contribution in [2.24, 2.45) is 0 Å². The number of carbonyl (C=O) groups excluding carboxylic acids is 1. The first-order chi connectivity index (χ1) is 17.5. The number of nitrogens with zero attached hydrogens (tertiary/aromatic N) is 4. The minimum atomic E-state index is -4.64. The summed E-state index contributed by atoms with van der Waals surface area (Å²) in [6, 6.07) is 13.0. The van der Waals surface area contributed by atoms with Crippen LogP contribution in [0.3, 0.4) is 0 Å². The molecule has 0 saturated carbocycles. The van der Waals surface area contributed by atoms with E-state index in [4.69, 9.17) is 14.5 Å². The lowest BCUT2D eigenvalue weighted by Gasteiger charge is -2.35. The Balaban J connectivity index is 0.000000568. The molecule has 0 unspecified atom stereocenters. The van der Waals surface area contributed by atoms with Gasteiger partial charge in [0.2, 0.25) is 6.29 Å². The van der Waals surface area contributed by atoms with Gasteiger partial charge in [-0.05, 0) is 51.4 Å². The molecule has 1 saturated heterocycles. The van der Waals surface area contributed by atoms with Crippen molar-refractivity contribution >= 4 is 23.9 Å². The van der Waals surface area contributed by atoms with E-state index in [-0.39, 0.29) is 5.60 Å². The Morgan fingerprint density at radius 1 is 1.16 bits per heavy atom. The van der Waals surface area contributed by atoms with Crippen LogP contribution in [-0.2, 0) is 29.0 Å². The predicted octanol–water partition coefficient (Wildman–Crippen LogP) is 5.03. The second-order valence-corrected chi connectivity index (χ2v) is 10.9. The molecule has 0 atom stereocenters.